The van der Waals surface area contributed by atoms with E-state index in [-0.39, 0.29) is 11.6 Å². The summed E-state index contributed by atoms with van der Waals surface area (Å²) in [6.45, 7) is 8.13. The summed E-state index contributed by atoms with van der Waals surface area (Å²) in [6.07, 6.45) is 2.11. The molecule has 1 aliphatic heterocycles. The van der Waals surface area contributed by atoms with E-state index in [1.807, 2.05) is 0 Å². The average Bonchev–Trinajstić information content (AvgIpc) is 2.97. The van der Waals surface area contributed by atoms with Crippen LogP contribution >= 0.6 is 0 Å². The van der Waals surface area contributed by atoms with Gasteiger partial charge in [-0.15, -0.1) is 0 Å². The van der Waals surface area contributed by atoms with Crippen LogP contribution in [-0.2, 0) is 6.54 Å². The van der Waals surface area contributed by atoms with Gasteiger partial charge < -0.3 is 24.5 Å². The zero-order valence-corrected chi connectivity index (χ0v) is 15.5. The summed E-state index contributed by atoms with van der Waals surface area (Å²) >= 11 is 0. The molecule has 1 saturated heterocycles. The van der Waals surface area contributed by atoms with E-state index in [0.29, 0.717) is 24.8 Å². The smallest absolute Gasteiger partial charge is 0.317 e. The second-order valence-corrected chi connectivity index (χ2v) is 6.80. The molecule has 8 nitrogen and oxygen atoms in total. The summed E-state index contributed by atoms with van der Waals surface area (Å²) in [5.74, 6) is 1.02. The molecule has 136 valence electrons. The number of carbonyl (C=O) groups excluding carboxylic acids is 1. The first-order valence-corrected chi connectivity index (χ1v) is 8.54. The summed E-state index contributed by atoms with van der Waals surface area (Å²) in [4.78, 5) is 22.8. The molecule has 0 aromatic carbocycles. The first-order valence-electron chi connectivity index (χ1n) is 8.54. The van der Waals surface area contributed by atoms with Gasteiger partial charge in [0.05, 0.1) is 0 Å². The molecule has 0 bridgehead atoms. The van der Waals surface area contributed by atoms with Crippen LogP contribution in [0, 0.1) is 6.92 Å². The molecule has 0 saturated carbocycles. The zero-order chi connectivity index (χ0) is 17.7. The summed E-state index contributed by atoms with van der Waals surface area (Å²) < 4.78 is 5.07. The summed E-state index contributed by atoms with van der Waals surface area (Å²) in [5.41, 5.74) is 0.0171. The van der Waals surface area contributed by atoms with Gasteiger partial charge in [0.2, 0.25) is 5.89 Å². The van der Waals surface area contributed by atoms with Gasteiger partial charge >= 0.3 is 6.03 Å². The van der Waals surface area contributed by atoms with Gasteiger partial charge in [-0.05, 0) is 53.5 Å². The first kappa shape index (κ1) is 18.7. The second-order valence-electron chi connectivity index (χ2n) is 6.80. The van der Waals surface area contributed by atoms with Crippen LogP contribution in [0.3, 0.4) is 0 Å². The topological polar surface area (TPSA) is 77.7 Å². The molecule has 2 rings (SSSR count). The van der Waals surface area contributed by atoms with E-state index in [0.717, 1.165) is 32.5 Å². The van der Waals surface area contributed by atoms with Crippen molar-refractivity contribution in [3.63, 3.8) is 0 Å². The van der Waals surface area contributed by atoms with Gasteiger partial charge in [-0.25, -0.2) is 4.79 Å². The molecule has 24 heavy (non-hydrogen) atoms. The van der Waals surface area contributed by atoms with Gasteiger partial charge in [0.1, 0.15) is 6.54 Å². The second kappa shape index (κ2) is 7.94. The van der Waals surface area contributed by atoms with Crippen LogP contribution in [-0.4, -0.2) is 83.7 Å². The SMILES string of the molecule is CCN1CCC(CNC(=O)N(C)Cc2nc(C)no2)(N(C)C)CC1. The Labute approximate surface area is 144 Å². The molecule has 1 aliphatic rings. The number of nitrogens with one attached hydrogen (secondary N) is 1. The zero-order valence-electron chi connectivity index (χ0n) is 15.5. The van der Waals surface area contributed by atoms with Crippen molar-refractivity contribution < 1.29 is 9.32 Å². The van der Waals surface area contributed by atoms with Crippen LogP contribution < -0.4 is 5.32 Å². The van der Waals surface area contributed by atoms with E-state index in [4.69, 9.17) is 4.52 Å². The Kier molecular flexibility index (Phi) is 6.17. The molecule has 0 aliphatic carbocycles. The minimum atomic E-state index is -0.120. The van der Waals surface area contributed by atoms with Gasteiger partial charge in [-0.3, -0.25) is 0 Å². The summed E-state index contributed by atoms with van der Waals surface area (Å²) in [5, 5.41) is 6.81. The summed E-state index contributed by atoms with van der Waals surface area (Å²) in [6, 6.07) is -0.120. The van der Waals surface area contributed by atoms with E-state index in [9.17, 15) is 4.79 Å². The Hall–Kier alpha value is -1.67. The number of amides is 2. The quantitative estimate of drug-likeness (QED) is 0.832. The fourth-order valence-corrected chi connectivity index (χ4v) is 3.12. The number of urea groups is 1. The highest BCUT2D eigenvalue weighted by atomic mass is 16.5. The average molecular weight is 338 g/mol. The molecule has 0 atom stereocenters. The minimum absolute atomic E-state index is 0.0171. The maximum absolute atomic E-state index is 12.4. The third kappa shape index (κ3) is 4.45. The standard InChI is InChI=1S/C16H30N6O2/c1-6-22-9-7-16(8-10-22,20(3)4)12-17-15(23)21(5)11-14-18-13(2)19-24-14/h6-12H2,1-5H3,(H,17,23). The molecule has 8 heteroatoms. The van der Waals surface area contributed by atoms with Crippen molar-refractivity contribution in [2.75, 3.05) is 47.3 Å². The molecule has 0 unspecified atom stereocenters. The van der Waals surface area contributed by atoms with Gasteiger partial charge in [-0.1, -0.05) is 12.1 Å². The van der Waals surface area contributed by atoms with E-state index >= 15 is 0 Å². The third-order valence-electron chi connectivity index (χ3n) is 5.04. The number of aromatic nitrogens is 2. The number of carbonyl (C=O) groups is 1. The number of hydrogen-bond acceptors (Lipinski definition) is 6. The number of nitrogens with zero attached hydrogens (tertiary/aromatic N) is 5. The van der Waals surface area contributed by atoms with Crippen LogP contribution in [0.25, 0.3) is 0 Å². The number of likely N-dealkylation sites (N-methyl/N-ethyl adjacent to an activating group) is 1. The maximum Gasteiger partial charge on any atom is 0.317 e. The number of piperidine rings is 1. The first-order chi connectivity index (χ1) is 11.4. The van der Waals surface area contributed by atoms with Crippen molar-refractivity contribution in [1.82, 2.24) is 30.2 Å². The van der Waals surface area contributed by atoms with Gasteiger partial charge in [0.25, 0.3) is 0 Å². The molecule has 2 amide bonds. The van der Waals surface area contributed by atoms with Crippen LogP contribution in [0.5, 0.6) is 0 Å². The van der Waals surface area contributed by atoms with Gasteiger partial charge in [0, 0.05) is 19.1 Å². The molecule has 1 aromatic rings. The third-order valence-corrected chi connectivity index (χ3v) is 5.04. The van der Waals surface area contributed by atoms with Crippen LogP contribution in [0.4, 0.5) is 4.79 Å². The lowest BCUT2D eigenvalue weighted by Crippen LogP contribution is -2.59. The minimum Gasteiger partial charge on any atom is -0.337 e. The molecule has 1 fully saturated rings. The van der Waals surface area contributed by atoms with Crippen molar-refractivity contribution in [3.8, 4) is 0 Å². The van der Waals surface area contributed by atoms with Crippen LogP contribution in [0.15, 0.2) is 4.52 Å². The van der Waals surface area contributed by atoms with E-state index in [1.165, 1.54) is 0 Å². The van der Waals surface area contributed by atoms with Crippen molar-refractivity contribution >= 4 is 6.03 Å². The van der Waals surface area contributed by atoms with Gasteiger partial charge in [0.15, 0.2) is 5.82 Å². The van der Waals surface area contributed by atoms with Crippen molar-refractivity contribution in [3.05, 3.63) is 11.7 Å². The molecule has 0 spiro atoms. The molecular weight excluding hydrogens is 308 g/mol. The normalized spacial score (nSPS) is 17.9. The highest BCUT2D eigenvalue weighted by Gasteiger charge is 2.36. The lowest BCUT2D eigenvalue weighted by Gasteiger charge is -2.46. The lowest BCUT2D eigenvalue weighted by molar-refractivity contribution is 0.0587. The Bertz CT molecular complexity index is 536. The van der Waals surface area contributed by atoms with Crippen molar-refractivity contribution in [2.45, 2.75) is 38.8 Å². The molecule has 1 N–H and O–H groups in total. The largest absolute Gasteiger partial charge is 0.337 e. The number of rotatable bonds is 6. The highest BCUT2D eigenvalue weighted by Crippen LogP contribution is 2.26. The molecule has 1 aromatic heterocycles. The Balaban J connectivity index is 1.88. The maximum atomic E-state index is 12.4. The monoisotopic (exact) mass is 338 g/mol. The van der Waals surface area contributed by atoms with Crippen LogP contribution in [0.1, 0.15) is 31.5 Å². The Morgan fingerprint density at radius 1 is 1.33 bits per heavy atom. The fourth-order valence-electron chi connectivity index (χ4n) is 3.12. The molecule has 2 heterocycles. The number of likely N-dealkylation sites (tertiary alicyclic amines) is 1. The fraction of sp³-hybridized carbons (Fsp3) is 0.812. The van der Waals surface area contributed by atoms with Gasteiger partial charge in [-0.2, -0.15) is 4.98 Å². The summed E-state index contributed by atoms with van der Waals surface area (Å²) in [7, 11) is 5.92. The van der Waals surface area contributed by atoms with Crippen LogP contribution in [0.2, 0.25) is 0 Å². The molecule has 0 radical (unpaired) electrons. The predicted molar refractivity (Wildman–Crippen MR) is 91.7 cm³/mol. The van der Waals surface area contributed by atoms with E-state index in [1.54, 1.807) is 18.9 Å². The lowest BCUT2D eigenvalue weighted by atomic mass is 9.86. The van der Waals surface area contributed by atoms with E-state index in [2.05, 4.69) is 46.3 Å². The Morgan fingerprint density at radius 2 is 2.00 bits per heavy atom. The number of hydrogen-bond donors (Lipinski definition) is 1. The predicted octanol–water partition coefficient (Wildman–Crippen LogP) is 0.936. The Morgan fingerprint density at radius 3 is 2.50 bits per heavy atom. The number of aryl methyl sites for hydroxylation is 1. The van der Waals surface area contributed by atoms with E-state index < -0.39 is 0 Å². The van der Waals surface area contributed by atoms with Crippen molar-refractivity contribution in [1.29, 1.82) is 0 Å². The molecular formula is C16H30N6O2. The van der Waals surface area contributed by atoms with Crippen molar-refractivity contribution in [2.24, 2.45) is 0 Å². The highest BCUT2D eigenvalue weighted by molar-refractivity contribution is 5.73.